The van der Waals surface area contributed by atoms with Gasteiger partial charge in [0.05, 0.1) is 6.20 Å². The molecule has 0 aliphatic carbocycles. The van der Waals surface area contributed by atoms with Crippen LogP contribution in [0.25, 0.3) is 0 Å². The summed E-state index contributed by atoms with van der Waals surface area (Å²) < 4.78 is 1.82. The van der Waals surface area contributed by atoms with Crippen molar-refractivity contribution < 1.29 is 0 Å². The second kappa shape index (κ2) is 5.23. The van der Waals surface area contributed by atoms with Gasteiger partial charge in [0, 0.05) is 44.0 Å². The second-order valence-electron chi connectivity index (χ2n) is 4.18. The first-order valence-corrected chi connectivity index (χ1v) is 6.06. The molecule has 0 radical (unpaired) electrons. The molecule has 3 nitrogen and oxygen atoms in total. The third kappa shape index (κ3) is 3.01. The van der Waals surface area contributed by atoms with E-state index in [0.29, 0.717) is 5.88 Å². The Morgan fingerprint density at radius 1 is 1.24 bits per heavy atom. The number of aromatic nitrogens is 2. The fraction of sp³-hybridized carbons (Fsp3) is 0.308. The number of aryl methyl sites for hydroxylation is 1. The second-order valence-corrected chi connectivity index (χ2v) is 4.45. The Hall–Kier alpha value is -1.48. The van der Waals surface area contributed by atoms with Crippen LogP contribution in [0.2, 0.25) is 0 Å². The molecule has 0 saturated carbocycles. The minimum atomic E-state index is 0.562. The normalized spacial score (nSPS) is 10.5. The Morgan fingerprint density at radius 3 is 2.47 bits per heavy atom. The summed E-state index contributed by atoms with van der Waals surface area (Å²) in [5, 5.41) is 4.16. The Bertz CT molecular complexity index is 476. The topological polar surface area (TPSA) is 21.1 Å². The van der Waals surface area contributed by atoms with Gasteiger partial charge in [-0.2, -0.15) is 5.10 Å². The molecule has 2 aromatic rings. The highest BCUT2D eigenvalue weighted by molar-refractivity contribution is 6.17. The summed E-state index contributed by atoms with van der Waals surface area (Å²) in [4.78, 5) is 2.19. The van der Waals surface area contributed by atoms with Crippen LogP contribution in [0.3, 0.4) is 0 Å². The predicted molar refractivity (Wildman–Crippen MR) is 71.3 cm³/mol. The zero-order valence-electron chi connectivity index (χ0n) is 10.1. The number of alkyl halides is 1. The summed E-state index contributed by atoms with van der Waals surface area (Å²) in [6.07, 6.45) is 3.92. The van der Waals surface area contributed by atoms with Crippen molar-refractivity contribution in [2.75, 3.05) is 11.9 Å². The van der Waals surface area contributed by atoms with Crippen LogP contribution in [-0.4, -0.2) is 16.8 Å². The minimum Gasteiger partial charge on any atom is -0.370 e. The summed E-state index contributed by atoms with van der Waals surface area (Å²) in [6.45, 7) is 0.855. The van der Waals surface area contributed by atoms with Gasteiger partial charge in [0.1, 0.15) is 0 Å². The first-order chi connectivity index (χ1) is 8.19. The zero-order valence-corrected chi connectivity index (χ0v) is 10.9. The number of hydrogen-bond acceptors (Lipinski definition) is 2. The maximum Gasteiger partial charge on any atom is 0.0539 e. The van der Waals surface area contributed by atoms with Gasteiger partial charge < -0.3 is 4.90 Å². The lowest BCUT2D eigenvalue weighted by atomic mass is 10.2. The molecule has 2 rings (SSSR count). The molecular formula is C13H16ClN3. The van der Waals surface area contributed by atoms with Crippen molar-refractivity contribution >= 4 is 17.3 Å². The Kier molecular flexibility index (Phi) is 3.69. The summed E-state index contributed by atoms with van der Waals surface area (Å²) in [7, 11) is 4.00. The van der Waals surface area contributed by atoms with Crippen LogP contribution >= 0.6 is 11.6 Å². The Morgan fingerprint density at radius 2 is 1.94 bits per heavy atom. The SMILES string of the molecule is CN(Cc1cnn(C)c1)c1ccc(CCl)cc1. The zero-order chi connectivity index (χ0) is 12.3. The number of benzene rings is 1. The van der Waals surface area contributed by atoms with E-state index in [-0.39, 0.29) is 0 Å². The fourth-order valence-corrected chi connectivity index (χ4v) is 1.94. The van der Waals surface area contributed by atoms with E-state index in [1.807, 2.05) is 24.1 Å². The first-order valence-electron chi connectivity index (χ1n) is 5.52. The maximum atomic E-state index is 5.77. The molecule has 17 heavy (non-hydrogen) atoms. The average molecular weight is 250 g/mol. The molecule has 1 aromatic heterocycles. The van der Waals surface area contributed by atoms with E-state index in [2.05, 4.69) is 41.3 Å². The first kappa shape index (κ1) is 12.0. The molecule has 0 unspecified atom stereocenters. The van der Waals surface area contributed by atoms with Crippen molar-refractivity contribution in [1.82, 2.24) is 9.78 Å². The van der Waals surface area contributed by atoms with Crippen molar-refractivity contribution in [3.05, 3.63) is 47.8 Å². The quantitative estimate of drug-likeness (QED) is 0.777. The van der Waals surface area contributed by atoms with E-state index in [1.165, 1.54) is 11.3 Å². The molecule has 0 aliphatic rings. The van der Waals surface area contributed by atoms with Gasteiger partial charge >= 0.3 is 0 Å². The molecule has 1 heterocycles. The number of anilines is 1. The van der Waals surface area contributed by atoms with Gasteiger partial charge in [-0.15, -0.1) is 11.6 Å². The predicted octanol–water partition coefficient (Wildman–Crippen LogP) is 2.80. The van der Waals surface area contributed by atoms with Crippen molar-refractivity contribution in [2.45, 2.75) is 12.4 Å². The summed E-state index contributed by atoms with van der Waals surface area (Å²) in [6, 6.07) is 8.30. The highest BCUT2D eigenvalue weighted by atomic mass is 35.5. The molecular weight excluding hydrogens is 234 g/mol. The van der Waals surface area contributed by atoms with Gasteiger partial charge in [0.2, 0.25) is 0 Å². The molecule has 0 spiro atoms. The van der Waals surface area contributed by atoms with Crippen LogP contribution in [-0.2, 0) is 19.5 Å². The van der Waals surface area contributed by atoms with Crippen LogP contribution < -0.4 is 4.90 Å². The number of hydrogen-bond donors (Lipinski definition) is 0. The molecule has 0 bridgehead atoms. The van der Waals surface area contributed by atoms with Crippen LogP contribution in [0.15, 0.2) is 36.7 Å². The summed E-state index contributed by atoms with van der Waals surface area (Å²) in [5.41, 5.74) is 3.53. The van der Waals surface area contributed by atoms with Crippen molar-refractivity contribution in [2.24, 2.45) is 7.05 Å². The van der Waals surface area contributed by atoms with E-state index in [4.69, 9.17) is 11.6 Å². The lowest BCUT2D eigenvalue weighted by molar-refractivity contribution is 0.766. The van der Waals surface area contributed by atoms with Gasteiger partial charge in [-0.3, -0.25) is 4.68 Å². The third-order valence-electron chi connectivity index (χ3n) is 2.71. The molecule has 90 valence electrons. The molecule has 0 atom stereocenters. The van der Waals surface area contributed by atoms with Gasteiger partial charge in [-0.1, -0.05) is 12.1 Å². The molecule has 0 fully saturated rings. The maximum absolute atomic E-state index is 5.77. The third-order valence-corrected chi connectivity index (χ3v) is 3.02. The number of rotatable bonds is 4. The largest absolute Gasteiger partial charge is 0.370 e. The average Bonchev–Trinajstić information content (AvgIpc) is 2.75. The highest BCUT2D eigenvalue weighted by Crippen LogP contribution is 2.17. The summed E-state index contributed by atoms with van der Waals surface area (Å²) >= 11 is 5.77. The number of nitrogens with zero attached hydrogens (tertiary/aromatic N) is 3. The van der Waals surface area contributed by atoms with Crippen LogP contribution in [0.4, 0.5) is 5.69 Å². The Balaban J connectivity index is 2.06. The molecule has 0 N–H and O–H groups in total. The Labute approximate surface area is 107 Å². The summed E-state index contributed by atoms with van der Waals surface area (Å²) in [5.74, 6) is 0.562. The van der Waals surface area contributed by atoms with Crippen molar-refractivity contribution in [3.8, 4) is 0 Å². The van der Waals surface area contributed by atoms with E-state index in [1.54, 1.807) is 0 Å². The number of halogens is 1. The fourth-order valence-electron chi connectivity index (χ4n) is 1.76. The van der Waals surface area contributed by atoms with Gasteiger partial charge in [-0.05, 0) is 17.7 Å². The standard InChI is InChI=1S/C13H16ClN3/c1-16(9-12-8-15-17(2)10-12)13-5-3-11(7-14)4-6-13/h3-6,8,10H,7,9H2,1-2H3. The van der Waals surface area contributed by atoms with Gasteiger partial charge in [-0.25, -0.2) is 0 Å². The molecule has 0 saturated heterocycles. The van der Waals surface area contributed by atoms with E-state index < -0.39 is 0 Å². The van der Waals surface area contributed by atoms with E-state index >= 15 is 0 Å². The van der Waals surface area contributed by atoms with Crippen LogP contribution in [0, 0.1) is 0 Å². The highest BCUT2D eigenvalue weighted by Gasteiger charge is 2.03. The molecule has 0 aliphatic heterocycles. The van der Waals surface area contributed by atoms with Gasteiger partial charge in [0.25, 0.3) is 0 Å². The van der Waals surface area contributed by atoms with Crippen molar-refractivity contribution in [3.63, 3.8) is 0 Å². The molecule has 4 heteroatoms. The van der Waals surface area contributed by atoms with E-state index in [0.717, 1.165) is 12.1 Å². The lowest BCUT2D eigenvalue weighted by Gasteiger charge is -2.18. The smallest absolute Gasteiger partial charge is 0.0539 e. The minimum absolute atomic E-state index is 0.562. The van der Waals surface area contributed by atoms with Crippen LogP contribution in [0.5, 0.6) is 0 Å². The molecule has 0 amide bonds. The van der Waals surface area contributed by atoms with Crippen LogP contribution in [0.1, 0.15) is 11.1 Å². The van der Waals surface area contributed by atoms with Gasteiger partial charge in [0.15, 0.2) is 0 Å². The molecule has 1 aromatic carbocycles. The van der Waals surface area contributed by atoms with Crippen molar-refractivity contribution in [1.29, 1.82) is 0 Å². The van der Waals surface area contributed by atoms with E-state index in [9.17, 15) is 0 Å². The lowest BCUT2D eigenvalue weighted by Crippen LogP contribution is -2.15. The monoisotopic (exact) mass is 249 g/mol.